The van der Waals surface area contributed by atoms with Gasteiger partial charge in [0.05, 0.1) is 0 Å². The zero-order valence-electron chi connectivity index (χ0n) is 17.0. The lowest BCUT2D eigenvalue weighted by atomic mass is 9.96. The maximum atomic E-state index is 2.49. The second kappa shape index (κ2) is 8.91. The first-order valence-electron chi connectivity index (χ1n) is 10.4. The van der Waals surface area contributed by atoms with E-state index in [0.717, 1.165) is 0 Å². The zero-order chi connectivity index (χ0) is 21.0. The monoisotopic (exact) mass is 508 g/mol. The molecule has 0 saturated carbocycles. The molecule has 0 radical (unpaired) electrons. The minimum atomic E-state index is 1.24. The van der Waals surface area contributed by atoms with Gasteiger partial charge < -0.3 is 0 Å². The molecular weight excluding hydrogens is 487 g/mol. The Morgan fingerprint density at radius 1 is 0.290 bits per heavy atom. The molecule has 0 aromatic heterocycles. The molecule has 0 aliphatic carbocycles. The number of hydrogen-bond acceptors (Lipinski definition) is 0. The van der Waals surface area contributed by atoms with Gasteiger partial charge in [0.25, 0.3) is 0 Å². The normalized spacial score (nSPS) is 10.7. The van der Waals surface area contributed by atoms with Gasteiger partial charge in [-0.3, -0.25) is 0 Å². The van der Waals surface area contributed by atoms with E-state index in [0.29, 0.717) is 0 Å². The number of benzene rings is 5. The molecule has 0 bridgehead atoms. The standard InChI is InChI=1S/C30H21I/c31-30-28(26-18-14-24(15-19-26)22-8-3-1-4-9-22)12-7-13-29(30)27-20-16-25(17-21-27)23-10-5-2-6-11-23/h1-21H. The third kappa shape index (κ3) is 4.19. The lowest BCUT2D eigenvalue weighted by Crippen LogP contribution is -1.89. The lowest BCUT2D eigenvalue weighted by molar-refractivity contribution is 1.54. The summed E-state index contributed by atoms with van der Waals surface area (Å²) in [6.45, 7) is 0. The zero-order valence-corrected chi connectivity index (χ0v) is 19.2. The largest absolute Gasteiger partial charge is 0.0622 e. The summed E-state index contributed by atoms with van der Waals surface area (Å²) in [4.78, 5) is 0. The molecule has 5 rings (SSSR count). The van der Waals surface area contributed by atoms with E-state index in [1.807, 2.05) is 0 Å². The van der Waals surface area contributed by atoms with E-state index >= 15 is 0 Å². The van der Waals surface area contributed by atoms with E-state index in [4.69, 9.17) is 0 Å². The van der Waals surface area contributed by atoms with Crippen LogP contribution in [0.3, 0.4) is 0 Å². The molecule has 0 N–H and O–H groups in total. The van der Waals surface area contributed by atoms with E-state index in [1.165, 1.54) is 48.1 Å². The first-order chi connectivity index (χ1) is 15.3. The molecule has 0 spiro atoms. The van der Waals surface area contributed by atoms with Gasteiger partial charge in [-0.15, -0.1) is 0 Å². The van der Waals surface area contributed by atoms with Crippen LogP contribution in [0.2, 0.25) is 0 Å². The predicted molar refractivity (Wildman–Crippen MR) is 141 cm³/mol. The Morgan fingerprint density at radius 3 is 1.00 bits per heavy atom. The molecule has 5 aromatic carbocycles. The summed E-state index contributed by atoms with van der Waals surface area (Å²) in [5.41, 5.74) is 10.00. The van der Waals surface area contributed by atoms with Crippen LogP contribution in [0.25, 0.3) is 44.5 Å². The van der Waals surface area contributed by atoms with Gasteiger partial charge in [0.2, 0.25) is 0 Å². The second-order valence-corrected chi connectivity index (χ2v) is 8.63. The van der Waals surface area contributed by atoms with Crippen LogP contribution < -0.4 is 0 Å². The van der Waals surface area contributed by atoms with Gasteiger partial charge in [0.1, 0.15) is 0 Å². The van der Waals surface area contributed by atoms with E-state index < -0.39 is 0 Å². The highest BCUT2D eigenvalue weighted by atomic mass is 127. The average Bonchev–Trinajstić information content (AvgIpc) is 2.86. The van der Waals surface area contributed by atoms with Gasteiger partial charge >= 0.3 is 0 Å². The number of rotatable bonds is 4. The van der Waals surface area contributed by atoms with Crippen LogP contribution in [0, 0.1) is 3.57 Å². The van der Waals surface area contributed by atoms with Crippen molar-refractivity contribution in [1.29, 1.82) is 0 Å². The molecule has 148 valence electrons. The first-order valence-corrected chi connectivity index (χ1v) is 11.5. The molecule has 31 heavy (non-hydrogen) atoms. The van der Waals surface area contributed by atoms with Crippen molar-refractivity contribution in [2.45, 2.75) is 0 Å². The van der Waals surface area contributed by atoms with Crippen molar-refractivity contribution in [2.75, 3.05) is 0 Å². The molecule has 1 heteroatoms. The van der Waals surface area contributed by atoms with E-state index in [9.17, 15) is 0 Å². The van der Waals surface area contributed by atoms with Crippen molar-refractivity contribution in [3.8, 4) is 44.5 Å². The minimum absolute atomic E-state index is 1.24. The van der Waals surface area contributed by atoms with Crippen molar-refractivity contribution in [1.82, 2.24) is 0 Å². The van der Waals surface area contributed by atoms with E-state index in [2.05, 4.69) is 150 Å². The van der Waals surface area contributed by atoms with Gasteiger partial charge in [-0.2, -0.15) is 0 Å². The Labute approximate surface area is 197 Å². The molecule has 0 atom stereocenters. The summed E-state index contributed by atoms with van der Waals surface area (Å²) in [5, 5.41) is 0. The fraction of sp³-hybridized carbons (Fsp3) is 0. The third-order valence-corrected chi connectivity index (χ3v) is 6.77. The highest BCUT2D eigenvalue weighted by Gasteiger charge is 2.10. The fourth-order valence-corrected chi connectivity index (χ4v) is 4.91. The third-order valence-electron chi connectivity index (χ3n) is 5.60. The fourth-order valence-electron chi connectivity index (χ4n) is 3.92. The molecule has 0 heterocycles. The number of halogens is 1. The van der Waals surface area contributed by atoms with Gasteiger partial charge in [0, 0.05) is 3.57 Å². The van der Waals surface area contributed by atoms with Crippen LogP contribution in [0.15, 0.2) is 127 Å². The smallest absolute Gasteiger partial charge is 0.0287 e. The van der Waals surface area contributed by atoms with Crippen LogP contribution in [0.5, 0.6) is 0 Å². The first kappa shape index (κ1) is 19.8. The Balaban J connectivity index is 1.47. The Bertz CT molecular complexity index is 1190. The summed E-state index contributed by atoms with van der Waals surface area (Å²) in [6.07, 6.45) is 0. The van der Waals surface area contributed by atoms with Crippen LogP contribution in [0.4, 0.5) is 0 Å². The lowest BCUT2D eigenvalue weighted by Gasteiger charge is -2.12. The van der Waals surface area contributed by atoms with Crippen LogP contribution in [-0.4, -0.2) is 0 Å². The van der Waals surface area contributed by atoms with Crippen LogP contribution in [0.1, 0.15) is 0 Å². The maximum absolute atomic E-state index is 2.49. The maximum Gasteiger partial charge on any atom is 0.0287 e. The van der Waals surface area contributed by atoms with Crippen LogP contribution in [-0.2, 0) is 0 Å². The summed E-state index contributed by atoms with van der Waals surface area (Å²) in [6, 6.07) is 45.4. The van der Waals surface area contributed by atoms with E-state index in [1.54, 1.807) is 0 Å². The molecule has 5 aromatic rings. The summed E-state index contributed by atoms with van der Waals surface area (Å²) < 4.78 is 1.28. The summed E-state index contributed by atoms with van der Waals surface area (Å²) >= 11 is 2.49. The molecule has 0 saturated heterocycles. The quantitative estimate of drug-likeness (QED) is 0.213. The molecule has 0 amide bonds. The Morgan fingerprint density at radius 2 is 0.613 bits per heavy atom. The van der Waals surface area contributed by atoms with Crippen molar-refractivity contribution in [2.24, 2.45) is 0 Å². The highest BCUT2D eigenvalue weighted by molar-refractivity contribution is 14.1. The molecule has 0 fully saturated rings. The summed E-state index contributed by atoms with van der Waals surface area (Å²) in [5.74, 6) is 0. The average molecular weight is 508 g/mol. The van der Waals surface area contributed by atoms with Crippen molar-refractivity contribution in [3.05, 3.63) is 131 Å². The number of hydrogen-bond donors (Lipinski definition) is 0. The SMILES string of the molecule is Ic1c(-c2ccc(-c3ccccc3)cc2)cccc1-c1ccc(-c2ccccc2)cc1. The minimum Gasteiger partial charge on any atom is -0.0622 e. The topological polar surface area (TPSA) is 0 Å². The molecular formula is C30H21I. The predicted octanol–water partition coefficient (Wildman–Crippen LogP) is 8.96. The highest BCUT2D eigenvalue weighted by Crippen LogP contribution is 2.35. The van der Waals surface area contributed by atoms with Gasteiger partial charge in [-0.05, 0) is 67.1 Å². The van der Waals surface area contributed by atoms with Crippen molar-refractivity contribution >= 4 is 22.6 Å². The molecule has 0 nitrogen and oxygen atoms in total. The van der Waals surface area contributed by atoms with Gasteiger partial charge in [-0.25, -0.2) is 0 Å². The molecule has 0 aliphatic rings. The second-order valence-electron chi connectivity index (χ2n) is 7.55. The molecule has 0 unspecified atom stereocenters. The Hall–Kier alpha value is -3.17. The van der Waals surface area contributed by atoms with Gasteiger partial charge in [0.15, 0.2) is 0 Å². The van der Waals surface area contributed by atoms with Gasteiger partial charge in [-0.1, -0.05) is 127 Å². The van der Waals surface area contributed by atoms with Crippen molar-refractivity contribution in [3.63, 3.8) is 0 Å². The van der Waals surface area contributed by atoms with Crippen molar-refractivity contribution < 1.29 is 0 Å². The Kier molecular flexibility index (Phi) is 5.68. The molecule has 0 aliphatic heterocycles. The summed E-state index contributed by atoms with van der Waals surface area (Å²) in [7, 11) is 0. The van der Waals surface area contributed by atoms with E-state index in [-0.39, 0.29) is 0 Å². The van der Waals surface area contributed by atoms with Crippen LogP contribution >= 0.6 is 22.6 Å².